The van der Waals surface area contributed by atoms with Crippen molar-refractivity contribution in [3.63, 3.8) is 0 Å². The highest BCUT2D eigenvalue weighted by atomic mass is 32.2. The second-order valence-corrected chi connectivity index (χ2v) is 7.97. The molecule has 0 aliphatic heterocycles. The van der Waals surface area contributed by atoms with E-state index in [0.29, 0.717) is 6.42 Å². The average Bonchev–Trinajstić information content (AvgIpc) is 2.21. The zero-order valence-electron chi connectivity index (χ0n) is 12.4. The molecule has 0 aromatic heterocycles. The first kappa shape index (κ1) is 22.3. The van der Waals surface area contributed by atoms with Crippen molar-refractivity contribution < 1.29 is 30.7 Å². The molecule has 0 aromatic rings. The molecule has 8 nitrogen and oxygen atoms in total. The van der Waals surface area contributed by atoms with E-state index >= 15 is 0 Å². The molecule has 126 valence electrons. The van der Waals surface area contributed by atoms with Gasteiger partial charge in [0.15, 0.2) is 0 Å². The second-order valence-electron chi connectivity index (χ2n) is 4.94. The molecule has 0 fully saturated rings. The average molecular weight is 345 g/mol. The molecule has 0 saturated heterocycles. The van der Waals surface area contributed by atoms with Crippen LogP contribution >= 0.6 is 0 Å². The van der Waals surface area contributed by atoms with Crippen LogP contribution in [0.5, 0.6) is 0 Å². The number of hydrogen-bond donors (Lipinski definition) is 3. The molecule has 1 amide bonds. The Morgan fingerprint density at radius 2 is 1.67 bits per heavy atom. The minimum Gasteiger partial charge on any atom is -0.347 e. The number of carbonyl (C=O) groups excluding carboxylic acids is 1. The van der Waals surface area contributed by atoms with Crippen molar-refractivity contribution >= 4 is 26.1 Å². The topological polar surface area (TPSA) is 138 Å². The van der Waals surface area contributed by atoms with Gasteiger partial charge in [-0.15, -0.1) is 0 Å². The maximum absolute atomic E-state index is 10.8. The number of rotatable bonds is 7. The van der Waals surface area contributed by atoms with E-state index in [1.54, 1.807) is 0 Å². The van der Waals surface area contributed by atoms with Crippen molar-refractivity contribution in [1.29, 1.82) is 0 Å². The lowest BCUT2D eigenvalue weighted by Gasteiger charge is -2.23. The van der Waals surface area contributed by atoms with Gasteiger partial charge in [-0.1, -0.05) is 19.9 Å². The largest absolute Gasteiger partial charge is 0.347 e. The Kier molecular flexibility index (Phi) is 9.70. The summed E-state index contributed by atoms with van der Waals surface area (Å²) in [5.41, 5.74) is -1.00. The Balaban J connectivity index is 0. The van der Waals surface area contributed by atoms with Crippen molar-refractivity contribution in [1.82, 2.24) is 5.32 Å². The molecule has 0 bridgehead atoms. The van der Waals surface area contributed by atoms with Crippen molar-refractivity contribution in [2.45, 2.75) is 39.2 Å². The van der Waals surface area contributed by atoms with Gasteiger partial charge in [0.2, 0.25) is 5.91 Å². The highest BCUT2D eigenvalue weighted by molar-refractivity contribution is 7.86. The van der Waals surface area contributed by atoms with Crippen LogP contribution in [0.1, 0.15) is 33.6 Å². The lowest BCUT2D eigenvalue weighted by Crippen LogP contribution is -2.47. The van der Waals surface area contributed by atoms with Crippen LogP contribution < -0.4 is 5.32 Å². The minimum absolute atomic E-state index is 0.108. The van der Waals surface area contributed by atoms with Gasteiger partial charge in [-0.2, -0.15) is 16.8 Å². The number of amides is 1. The van der Waals surface area contributed by atoms with Crippen molar-refractivity contribution in [3.8, 4) is 0 Å². The number of unbranched alkanes of at least 4 members (excludes halogenated alkanes) is 1. The molecule has 10 heteroatoms. The van der Waals surface area contributed by atoms with Crippen LogP contribution in [0.2, 0.25) is 0 Å². The summed E-state index contributed by atoms with van der Waals surface area (Å²) in [6.45, 7) is 8.06. The molecule has 0 atom stereocenters. The summed E-state index contributed by atoms with van der Waals surface area (Å²) in [6, 6.07) is 0. The second kappa shape index (κ2) is 9.13. The van der Waals surface area contributed by atoms with Gasteiger partial charge in [0, 0.05) is 0 Å². The van der Waals surface area contributed by atoms with Crippen LogP contribution in [0.25, 0.3) is 0 Å². The van der Waals surface area contributed by atoms with E-state index in [0.717, 1.165) is 12.5 Å². The van der Waals surface area contributed by atoms with E-state index in [4.69, 9.17) is 9.11 Å². The van der Waals surface area contributed by atoms with E-state index < -0.39 is 37.4 Å². The molecule has 0 aromatic carbocycles. The van der Waals surface area contributed by atoms with Crippen LogP contribution in [0, 0.1) is 0 Å². The van der Waals surface area contributed by atoms with Gasteiger partial charge in [-0.3, -0.25) is 13.9 Å². The van der Waals surface area contributed by atoms with Gasteiger partial charge in [0.05, 0.1) is 17.0 Å². The summed E-state index contributed by atoms with van der Waals surface area (Å²) in [7, 11) is -7.77. The predicted octanol–water partition coefficient (Wildman–Crippen LogP) is 0.629. The van der Waals surface area contributed by atoms with Gasteiger partial charge in [0.25, 0.3) is 20.2 Å². The van der Waals surface area contributed by atoms with Crippen molar-refractivity contribution in [2.24, 2.45) is 0 Å². The van der Waals surface area contributed by atoms with Crippen LogP contribution in [0.3, 0.4) is 0 Å². The fourth-order valence-electron chi connectivity index (χ4n) is 1.20. The predicted molar refractivity (Wildman–Crippen MR) is 80.2 cm³/mol. The number of carbonyl (C=O) groups is 1. The molecule has 0 radical (unpaired) electrons. The summed E-state index contributed by atoms with van der Waals surface area (Å²) < 4.78 is 57.5. The number of nitrogens with one attached hydrogen (secondary N) is 1. The normalized spacial score (nSPS) is 12.0. The monoisotopic (exact) mass is 345 g/mol. The standard InChI is InChI=1S/C7H13NO4S.C4H10O3S/c1-4-6(9)8-7(2,3)5-13(10,11)12;1-2-3-4-8(5,6)7/h4H,1,5H2,2-3H3,(H,8,9)(H,10,11,12);2-4H2,1H3,(H,5,6,7). The molecule has 0 heterocycles. The molecule has 0 rings (SSSR count). The quantitative estimate of drug-likeness (QED) is 0.454. The van der Waals surface area contributed by atoms with Crippen molar-refractivity contribution in [2.75, 3.05) is 11.5 Å². The molecule has 0 aliphatic rings. The van der Waals surface area contributed by atoms with Gasteiger partial charge in [0.1, 0.15) is 0 Å². The molecular weight excluding hydrogens is 322 g/mol. The first-order chi connectivity index (χ1) is 9.22. The molecular formula is C11H23NO7S2. The van der Waals surface area contributed by atoms with Gasteiger partial charge in [-0.25, -0.2) is 0 Å². The molecule has 3 N–H and O–H groups in total. The lowest BCUT2D eigenvalue weighted by atomic mass is 10.1. The molecule has 0 spiro atoms. The Bertz CT molecular complexity index is 535. The zero-order valence-corrected chi connectivity index (χ0v) is 14.0. The highest BCUT2D eigenvalue weighted by Crippen LogP contribution is 2.05. The van der Waals surface area contributed by atoms with E-state index in [1.165, 1.54) is 13.8 Å². The van der Waals surface area contributed by atoms with Gasteiger partial charge in [-0.05, 0) is 26.3 Å². The summed E-state index contributed by atoms with van der Waals surface area (Å²) in [6.07, 6.45) is 2.37. The zero-order chi connectivity index (χ0) is 17.3. The minimum atomic E-state index is -4.08. The third-order valence-corrected chi connectivity index (χ3v) is 3.84. The third-order valence-electron chi connectivity index (χ3n) is 1.95. The SMILES string of the molecule is C=CC(=O)NC(C)(C)CS(=O)(=O)O.CCCCS(=O)(=O)O. The van der Waals surface area contributed by atoms with Crippen LogP contribution in [-0.2, 0) is 25.0 Å². The first-order valence-corrected chi connectivity index (χ1v) is 9.29. The van der Waals surface area contributed by atoms with Crippen molar-refractivity contribution in [3.05, 3.63) is 12.7 Å². The van der Waals surface area contributed by atoms with Gasteiger partial charge >= 0.3 is 0 Å². The highest BCUT2D eigenvalue weighted by Gasteiger charge is 2.25. The molecule has 21 heavy (non-hydrogen) atoms. The molecule has 0 unspecified atom stereocenters. The van der Waals surface area contributed by atoms with Gasteiger partial charge < -0.3 is 5.32 Å². The summed E-state index contributed by atoms with van der Waals surface area (Å²) in [5, 5.41) is 2.37. The summed E-state index contributed by atoms with van der Waals surface area (Å²) >= 11 is 0. The molecule has 0 saturated carbocycles. The summed E-state index contributed by atoms with van der Waals surface area (Å²) in [4.78, 5) is 10.8. The smallest absolute Gasteiger partial charge is 0.267 e. The fourth-order valence-corrected chi connectivity index (χ4v) is 2.84. The Morgan fingerprint density at radius 3 is 1.90 bits per heavy atom. The first-order valence-electron chi connectivity index (χ1n) is 6.07. The fraction of sp³-hybridized carbons (Fsp3) is 0.727. The van der Waals surface area contributed by atoms with E-state index in [-0.39, 0.29) is 5.75 Å². The lowest BCUT2D eigenvalue weighted by molar-refractivity contribution is -0.117. The maximum atomic E-state index is 10.8. The van der Waals surface area contributed by atoms with E-state index in [2.05, 4.69) is 11.9 Å². The third kappa shape index (κ3) is 19.0. The Hall–Kier alpha value is -0.970. The molecule has 0 aliphatic carbocycles. The Labute approximate surface area is 126 Å². The Morgan fingerprint density at radius 1 is 1.19 bits per heavy atom. The van der Waals surface area contributed by atoms with Crippen LogP contribution in [0.4, 0.5) is 0 Å². The van der Waals surface area contributed by atoms with E-state index in [1.807, 2.05) is 6.92 Å². The van der Waals surface area contributed by atoms with E-state index in [9.17, 15) is 21.6 Å². The maximum Gasteiger partial charge on any atom is 0.267 e. The van der Waals surface area contributed by atoms with Crippen LogP contribution in [-0.4, -0.2) is 48.9 Å². The summed E-state index contributed by atoms with van der Waals surface area (Å²) in [5.74, 6) is -1.11. The van der Waals surface area contributed by atoms with Crippen LogP contribution in [0.15, 0.2) is 12.7 Å². The number of hydrogen-bond acceptors (Lipinski definition) is 5.